The number of ether oxygens (including phenoxy) is 1. The van der Waals surface area contributed by atoms with Crippen molar-refractivity contribution in [3.8, 4) is 0 Å². The SMILES string of the molecule is NC(=O)CN1CC[C@@H]([C@@H]2CCOC2)c2ccccc21. The van der Waals surface area contributed by atoms with Gasteiger partial charge in [-0.25, -0.2) is 0 Å². The van der Waals surface area contributed by atoms with E-state index in [1.807, 2.05) is 6.07 Å². The Morgan fingerprint density at radius 1 is 1.37 bits per heavy atom. The van der Waals surface area contributed by atoms with Crippen molar-refractivity contribution in [3.63, 3.8) is 0 Å². The number of nitrogens with zero attached hydrogens (tertiary/aromatic N) is 1. The van der Waals surface area contributed by atoms with E-state index in [9.17, 15) is 4.79 Å². The maximum absolute atomic E-state index is 11.2. The van der Waals surface area contributed by atoms with Crippen LogP contribution in [-0.4, -0.2) is 32.2 Å². The molecule has 2 N–H and O–H groups in total. The zero-order valence-corrected chi connectivity index (χ0v) is 11.0. The van der Waals surface area contributed by atoms with Crippen LogP contribution in [0.4, 0.5) is 5.69 Å². The molecule has 1 saturated heterocycles. The molecule has 102 valence electrons. The van der Waals surface area contributed by atoms with Gasteiger partial charge >= 0.3 is 0 Å². The largest absolute Gasteiger partial charge is 0.381 e. The van der Waals surface area contributed by atoms with Crippen molar-refractivity contribution in [3.05, 3.63) is 29.8 Å². The monoisotopic (exact) mass is 260 g/mol. The van der Waals surface area contributed by atoms with Crippen molar-refractivity contribution in [2.45, 2.75) is 18.8 Å². The number of carbonyl (C=O) groups is 1. The molecule has 1 fully saturated rings. The van der Waals surface area contributed by atoms with Crippen LogP contribution in [-0.2, 0) is 9.53 Å². The van der Waals surface area contributed by atoms with Crippen molar-refractivity contribution in [1.29, 1.82) is 0 Å². The summed E-state index contributed by atoms with van der Waals surface area (Å²) in [5.41, 5.74) is 7.86. The maximum atomic E-state index is 11.2. The summed E-state index contributed by atoms with van der Waals surface area (Å²) in [6.45, 7) is 2.97. The summed E-state index contributed by atoms with van der Waals surface area (Å²) < 4.78 is 5.53. The third kappa shape index (κ3) is 2.45. The van der Waals surface area contributed by atoms with E-state index in [4.69, 9.17) is 10.5 Å². The minimum atomic E-state index is -0.266. The second kappa shape index (κ2) is 5.21. The van der Waals surface area contributed by atoms with Gasteiger partial charge in [0.2, 0.25) is 5.91 Å². The first kappa shape index (κ1) is 12.5. The van der Waals surface area contributed by atoms with Gasteiger partial charge in [-0.05, 0) is 36.3 Å². The lowest BCUT2D eigenvalue weighted by atomic mass is 9.80. The molecule has 2 heterocycles. The van der Waals surface area contributed by atoms with Crippen molar-refractivity contribution >= 4 is 11.6 Å². The number of amides is 1. The molecular weight excluding hydrogens is 240 g/mol. The van der Waals surface area contributed by atoms with Gasteiger partial charge in [-0.15, -0.1) is 0 Å². The molecule has 1 aromatic carbocycles. The van der Waals surface area contributed by atoms with Gasteiger partial charge in [-0.2, -0.15) is 0 Å². The van der Waals surface area contributed by atoms with Crippen LogP contribution < -0.4 is 10.6 Å². The molecule has 2 aliphatic rings. The highest BCUT2D eigenvalue weighted by Gasteiger charge is 2.33. The smallest absolute Gasteiger partial charge is 0.236 e. The summed E-state index contributed by atoms with van der Waals surface area (Å²) in [6, 6.07) is 8.39. The summed E-state index contributed by atoms with van der Waals surface area (Å²) in [5, 5.41) is 0. The van der Waals surface area contributed by atoms with Gasteiger partial charge in [-0.3, -0.25) is 4.79 Å². The van der Waals surface area contributed by atoms with E-state index in [1.165, 1.54) is 11.3 Å². The molecule has 1 aromatic rings. The fourth-order valence-corrected chi connectivity index (χ4v) is 3.37. The Hall–Kier alpha value is -1.55. The lowest BCUT2D eigenvalue weighted by Crippen LogP contribution is -2.39. The third-order valence-corrected chi connectivity index (χ3v) is 4.27. The maximum Gasteiger partial charge on any atom is 0.236 e. The molecular formula is C15H20N2O2. The molecule has 0 bridgehead atoms. The zero-order chi connectivity index (χ0) is 13.2. The van der Waals surface area contributed by atoms with E-state index >= 15 is 0 Å². The van der Waals surface area contributed by atoms with Crippen LogP contribution >= 0.6 is 0 Å². The molecule has 2 atom stereocenters. The van der Waals surface area contributed by atoms with Crippen molar-refractivity contribution in [1.82, 2.24) is 0 Å². The van der Waals surface area contributed by atoms with Crippen LogP contribution in [0.25, 0.3) is 0 Å². The Balaban J connectivity index is 1.88. The van der Waals surface area contributed by atoms with Gasteiger partial charge in [-0.1, -0.05) is 18.2 Å². The van der Waals surface area contributed by atoms with E-state index in [1.54, 1.807) is 0 Å². The molecule has 19 heavy (non-hydrogen) atoms. The molecule has 0 spiro atoms. The quantitative estimate of drug-likeness (QED) is 0.896. The standard InChI is InChI=1S/C15H20N2O2/c16-15(18)9-17-7-5-12(11-6-8-19-10-11)13-3-1-2-4-14(13)17/h1-4,11-12H,5-10H2,(H2,16,18)/t11-,12+/m1/s1. The number of nitrogens with two attached hydrogens (primary N) is 1. The highest BCUT2D eigenvalue weighted by molar-refractivity contribution is 5.80. The Labute approximate surface area is 113 Å². The molecule has 2 aliphatic heterocycles. The zero-order valence-electron chi connectivity index (χ0n) is 11.0. The highest BCUT2D eigenvalue weighted by Crippen LogP contribution is 2.41. The van der Waals surface area contributed by atoms with Crippen LogP contribution in [0.15, 0.2) is 24.3 Å². The first-order valence-electron chi connectivity index (χ1n) is 6.95. The Bertz CT molecular complexity index is 469. The van der Waals surface area contributed by atoms with Crippen LogP contribution in [0.5, 0.6) is 0 Å². The average molecular weight is 260 g/mol. The number of fused-ring (bicyclic) bond motifs is 1. The fourth-order valence-electron chi connectivity index (χ4n) is 3.37. The normalized spacial score (nSPS) is 26.2. The van der Waals surface area contributed by atoms with Gasteiger partial charge in [0.25, 0.3) is 0 Å². The predicted octanol–water partition coefficient (Wildman–Crippen LogP) is 1.50. The van der Waals surface area contributed by atoms with E-state index in [0.29, 0.717) is 18.4 Å². The fraction of sp³-hybridized carbons (Fsp3) is 0.533. The molecule has 4 nitrogen and oxygen atoms in total. The van der Waals surface area contributed by atoms with Crippen LogP contribution in [0, 0.1) is 5.92 Å². The summed E-state index contributed by atoms with van der Waals surface area (Å²) in [4.78, 5) is 13.3. The number of hydrogen-bond acceptors (Lipinski definition) is 3. The third-order valence-electron chi connectivity index (χ3n) is 4.27. The van der Waals surface area contributed by atoms with Crippen LogP contribution in [0.1, 0.15) is 24.3 Å². The number of primary amides is 1. The van der Waals surface area contributed by atoms with Gasteiger partial charge in [0, 0.05) is 18.8 Å². The van der Waals surface area contributed by atoms with E-state index in [0.717, 1.165) is 32.6 Å². The van der Waals surface area contributed by atoms with E-state index in [-0.39, 0.29) is 5.91 Å². The minimum Gasteiger partial charge on any atom is -0.381 e. The number of rotatable bonds is 3. The Morgan fingerprint density at radius 2 is 2.21 bits per heavy atom. The second-order valence-corrected chi connectivity index (χ2v) is 5.47. The van der Waals surface area contributed by atoms with Gasteiger partial charge < -0.3 is 15.4 Å². The number of hydrogen-bond donors (Lipinski definition) is 1. The van der Waals surface area contributed by atoms with Gasteiger partial charge in [0.1, 0.15) is 0 Å². The van der Waals surface area contributed by atoms with Crippen molar-refractivity contribution < 1.29 is 9.53 Å². The lowest BCUT2D eigenvalue weighted by molar-refractivity contribution is -0.116. The van der Waals surface area contributed by atoms with Gasteiger partial charge in [0.05, 0.1) is 13.2 Å². The molecule has 0 radical (unpaired) electrons. The van der Waals surface area contributed by atoms with Crippen molar-refractivity contribution in [2.75, 3.05) is 31.2 Å². The number of benzene rings is 1. The minimum absolute atomic E-state index is 0.266. The average Bonchev–Trinajstić information content (AvgIpc) is 2.92. The molecule has 0 saturated carbocycles. The Kier molecular flexibility index (Phi) is 3.42. The molecule has 0 aliphatic carbocycles. The molecule has 3 rings (SSSR count). The topological polar surface area (TPSA) is 55.6 Å². The summed E-state index contributed by atoms with van der Waals surface area (Å²) in [5.74, 6) is 0.914. The lowest BCUT2D eigenvalue weighted by Gasteiger charge is -2.37. The number of para-hydroxylation sites is 1. The summed E-state index contributed by atoms with van der Waals surface area (Å²) >= 11 is 0. The Morgan fingerprint density at radius 3 is 2.95 bits per heavy atom. The number of anilines is 1. The first-order valence-corrected chi connectivity index (χ1v) is 6.95. The highest BCUT2D eigenvalue weighted by atomic mass is 16.5. The molecule has 4 heteroatoms. The van der Waals surface area contributed by atoms with E-state index in [2.05, 4.69) is 23.1 Å². The predicted molar refractivity (Wildman–Crippen MR) is 74.1 cm³/mol. The van der Waals surface area contributed by atoms with Gasteiger partial charge in [0.15, 0.2) is 0 Å². The first-order chi connectivity index (χ1) is 9.25. The molecule has 0 aromatic heterocycles. The second-order valence-electron chi connectivity index (χ2n) is 5.47. The molecule has 1 amide bonds. The number of carbonyl (C=O) groups excluding carboxylic acids is 1. The summed E-state index contributed by atoms with van der Waals surface area (Å²) in [7, 11) is 0. The van der Waals surface area contributed by atoms with Crippen molar-refractivity contribution in [2.24, 2.45) is 11.7 Å². The summed E-state index contributed by atoms with van der Waals surface area (Å²) in [6.07, 6.45) is 2.23. The van der Waals surface area contributed by atoms with Crippen LogP contribution in [0.3, 0.4) is 0 Å². The van der Waals surface area contributed by atoms with E-state index < -0.39 is 0 Å². The molecule has 0 unspecified atom stereocenters. The van der Waals surface area contributed by atoms with Crippen LogP contribution in [0.2, 0.25) is 0 Å².